The number of nitrogens with two attached hydrogens (primary N) is 1. The molecule has 15 heteroatoms. The van der Waals surface area contributed by atoms with Gasteiger partial charge in [-0.3, -0.25) is 19.3 Å². The fourth-order valence-corrected chi connectivity index (χ4v) is 7.21. The molecule has 15 nitrogen and oxygen atoms in total. The molecule has 3 aliphatic carbocycles. The first-order valence-corrected chi connectivity index (χ1v) is 14.8. The highest BCUT2D eigenvalue weighted by Gasteiger charge is 2.63. The van der Waals surface area contributed by atoms with Crippen molar-refractivity contribution in [2.45, 2.75) is 31.0 Å². The fourth-order valence-electron chi connectivity index (χ4n) is 7.21. The van der Waals surface area contributed by atoms with Crippen LogP contribution in [0.2, 0.25) is 0 Å². The van der Waals surface area contributed by atoms with Gasteiger partial charge in [-0.05, 0) is 56.6 Å². The zero-order chi connectivity index (χ0) is 34.1. The number of phenols is 1. The van der Waals surface area contributed by atoms with E-state index in [9.17, 15) is 39.6 Å². The van der Waals surface area contributed by atoms with Gasteiger partial charge in [0.2, 0.25) is 12.6 Å². The van der Waals surface area contributed by atoms with Crippen molar-refractivity contribution in [1.29, 1.82) is 0 Å². The number of aromatic hydroxyl groups is 1. The van der Waals surface area contributed by atoms with Crippen LogP contribution >= 0.6 is 0 Å². The number of carbonyl (C=O) groups excluding carboxylic acids is 4. The maximum absolute atomic E-state index is 14.2. The van der Waals surface area contributed by atoms with Crippen molar-refractivity contribution in [3.05, 3.63) is 63.6 Å². The number of anilines is 2. The number of primary amides is 1. The molecular formula is C32H35N5O10. The molecule has 3 amide bonds. The molecule has 6 rings (SSSR count). The fraction of sp³-hybridized carbons (Fsp3) is 0.375. The van der Waals surface area contributed by atoms with Gasteiger partial charge in [-0.1, -0.05) is 0 Å². The van der Waals surface area contributed by atoms with E-state index in [0.29, 0.717) is 28.4 Å². The summed E-state index contributed by atoms with van der Waals surface area (Å²) in [5.74, 6) is -6.26. The lowest BCUT2D eigenvalue weighted by Crippen LogP contribution is -2.63. The van der Waals surface area contributed by atoms with Crippen molar-refractivity contribution in [3.8, 4) is 17.2 Å². The normalized spacial score (nSPS) is 24.5. The third kappa shape index (κ3) is 4.80. The molecule has 0 aromatic heterocycles. The number of urea groups is 1. The summed E-state index contributed by atoms with van der Waals surface area (Å²) in [5, 5.41) is 51.1. The number of allylic oxidation sites excluding steroid dienone is 1. The molecule has 1 heterocycles. The van der Waals surface area contributed by atoms with Crippen molar-refractivity contribution in [2.24, 2.45) is 17.6 Å². The smallest absolute Gasteiger partial charge is 0.319 e. The van der Waals surface area contributed by atoms with Gasteiger partial charge in [-0.25, -0.2) is 4.79 Å². The van der Waals surface area contributed by atoms with Crippen LogP contribution in [0.25, 0.3) is 0 Å². The van der Waals surface area contributed by atoms with Crippen LogP contribution in [0.4, 0.5) is 16.2 Å². The van der Waals surface area contributed by atoms with Crippen LogP contribution in [-0.4, -0.2) is 95.5 Å². The summed E-state index contributed by atoms with van der Waals surface area (Å²) in [4.78, 5) is 56.0. The Labute approximate surface area is 268 Å². The van der Waals surface area contributed by atoms with Gasteiger partial charge in [-0.15, -0.1) is 0 Å². The van der Waals surface area contributed by atoms with Gasteiger partial charge >= 0.3 is 6.03 Å². The first-order valence-electron chi connectivity index (χ1n) is 14.8. The van der Waals surface area contributed by atoms with E-state index < -0.39 is 69.8 Å². The molecule has 0 saturated heterocycles. The first kappa shape index (κ1) is 31.7. The Morgan fingerprint density at radius 1 is 1.06 bits per heavy atom. The predicted octanol–water partition coefficient (Wildman–Crippen LogP) is 1.24. The number of amides is 3. The van der Waals surface area contributed by atoms with Crippen LogP contribution < -0.4 is 30.7 Å². The SMILES string of the molecule is CN(C)c1cc(CNC(=O)Nc2ccc3c(c2)OCO3)c(O)c2c1CC1CC3C(N(C)C)C(O)=C(C(N)=O)C(=O)C3(O)C(O)=C1C2=O. The molecule has 2 aromatic carbocycles. The predicted molar refractivity (Wildman–Crippen MR) is 166 cm³/mol. The lowest BCUT2D eigenvalue weighted by molar-refractivity contribution is -0.148. The van der Waals surface area contributed by atoms with Crippen molar-refractivity contribution in [1.82, 2.24) is 10.2 Å². The van der Waals surface area contributed by atoms with Crippen LogP contribution in [0.15, 0.2) is 46.9 Å². The second-order valence-electron chi connectivity index (χ2n) is 12.5. The summed E-state index contributed by atoms with van der Waals surface area (Å²) in [6, 6.07) is 4.84. The lowest BCUT2D eigenvalue weighted by Gasteiger charge is -2.50. The molecule has 0 spiro atoms. The van der Waals surface area contributed by atoms with E-state index in [1.807, 2.05) is 0 Å². The lowest BCUT2D eigenvalue weighted by atomic mass is 9.58. The van der Waals surface area contributed by atoms with Crippen LogP contribution in [-0.2, 0) is 22.6 Å². The third-order valence-corrected chi connectivity index (χ3v) is 9.33. The summed E-state index contributed by atoms with van der Waals surface area (Å²) < 4.78 is 10.6. The van der Waals surface area contributed by atoms with Crippen molar-refractivity contribution >= 4 is 34.9 Å². The highest BCUT2D eigenvalue weighted by molar-refractivity contribution is 6.25. The van der Waals surface area contributed by atoms with Gasteiger partial charge in [0.1, 0.15) is 22.8 Å². The maximum atomic E-state index is 14.2. The number of hydrogen-bond donors (Lipinski definition) is 7. The van der Waals surface area contributed by atoms with E-state index in [4.69, 9.17) is 15.2 Å². The first-order chi connectivity index (χ1) is 22.2. The minimum atomic E-state index is -2.74. The molecule has 0 bridgehead atoms. The van der Waals surface area contributed by atoms with Crippen molar-refractivity contribution in [2.75, 3.05) is 45.2 Å². The number of ether oxygens (including phenoxy) is 2. The molecule has 1 aliphatic heterocycles. The van der Waals surface area contributed by atoms with Crippen LogP contribution in [0.3, 0.4) is 0 Å². The number of nitrogens with zero attached hydrogens (tertiary/aromatic N) is 2. The number of Topliss-reactive ketones (excluding diaryl/α,β-unsaturated/α-hetero) is 2. The van der Waals surface area contributed by atoms with Gasteiger partial charge in [0.15, 0.2) is 22.9 Å². The van der Waals surface area contributed by atoms with Crippen LogP contribution in [0.5, 0.6) is 17.2 Å². The van der Waals surface area contributed by atoms with Gasteiger partial charge in [-0.2, -0.15) is 0 Å². The average Bonchev–Trinajstić information content (AvgIpc) is 3.46. The number of ketones is 2. The Hall–Kier alpha value is -5.28. The third-order valence-electron chi connectivity index (χ3n) is 9.33. The van der Waals surface area contributed by atoms with Gasteiger partial charge in [0.05, 0.1) is 11.6 Å². The monoisotopic (exact) mass is 649 g/mol. The Morgan fingerprint density at radius 3 is 2.43 bits per heavy atom. The molecule has 248 valence electrons. The zero-order valence-electron chi connectivity index (χ0n) is 26.1. The number of hydrogen-bond acceptors (Lipinski definition) is 12. The Balaban J connectivity index is 1.36. The summed E-state index contributed by atoms with van der Waals surface area (Å²) in [6.07, 6.45) is 0.108. The zero-order valence-corrected chi connectivity index (χ0v) is 26.1. The number of aliphatic hydroxyl groups excluding tert-OH is 2. The molecule has 4 unspecified atom stereocenters. The average molecular weight is 650 g/mol. The summed E-state index contributed by atoms with van der Waals surface area (Å²) in [5.41, 5.74) is 3.04. The molecule has 0 radical (unpaired) electrons. The molecule has 0 fully saturated rings. The highest BCUT2D eigenvalue weighted by Crippen LogP contribution is 2.53. The number of nitrogens with one attached hydrogen (secondary N) is 2. The quantitative estimate of drug-likeness (QED) is 0.220. The molecule has 8 N–H and O–H groups in total. The molecule has 4 atom stereocenters. The van der Waals surface area contributed by atoms with Gasteiger partial charge in [0, 0.05) is 55.1 Å². The summed E-state index contributed by atoms with van der Waals surface area (Å²) in [6.45, 7) is -0.119. The molecule has 47 heavy (non-hydrogen) atoms. The minimum Gasteiger partial charge on any atom is -0.510 e. The van der Waals surface area contributed by atoms with E-state index in [2.05, 4.69) is 10.6 Å². The standard InChI is InChI=1S/C32H35N5O10/c1-36(2)18-9-14(11-34-31(44)35-15-5-6-19-20(10-15)47-12-46-19)25(38)22-16(18)7-13-8-17-24(37(3)4)27(40)23(30(33)43)29(42)32(17,45)28(41)21(13)26(22)39/h5-6,9-10,13,17,24,38,40-41,45H,7-8,11-12H2,1-4H3,(H2,33,43)(H2,34,35,44). The summed E-state index contributed by atoms with van der Waals surface area (Å²) in [7, 11) is 6.64. The Morgan fingerprint density at radius 2 is 1.77 bits per heavy atom. The highest BCUT2D eigenvalue weighted by atomic mass is 16.7. The van der Waals surface area contributed by atoms with Crippen LogP contribution in [0, 0.1) is 11.8 Å². The number of carbonyl (C=O) groups is 4. The van der Waals surface area contributed by atoms with Gasteiger partial charge in [0.25, 0.3) is 5.91 Å². The minimum absolute atomic E-state index is 0.0251. The second kappa shape index (κ2) is 11.2. The van der Waals surface area contributed by atoms with E-state index >= 15 is 0 Å². The summed E-state index contributed by atoms with van der Waals surface area (Å²) >= 11 is 0. The van der Waals surface area contributed by atoms with Gasteiger partial charge < -0.3 is 51.2 Å². The Kier molecular flexibility index (Phi) is 7.56. The largest absolute Gasteiger partial charge is 0.510 e. The number of phenolic OH excluding ortho intramolecular Hbond substituents is 1. The van der Waals surface area contributed by atoms with E-state index in [1.165, 1.54) is 4.90 Å². The maximum Gasteiger partial charge on any atom is 0.319 e. The molecule has 0 saturated carbocycles. The van der Waals surface area contributed by atoms with Crippen molar-refractivity contribution < 1.29 is 49.1 Å². The number of aliphatic hydroxyl groups is 3. The molecular weight excluding hydrogens is 614 g/mol. The number of fused-ring (bicyclic) bond motifs is 4. The van der Waals surface area contributed by atoms with Crippen molar-refractivity contribution in [3.63, 3.8) is 0 Å². The number of likely N-dealkylation sites (N-methyl/N-ethyl adjacent to an activating group) is 1. The molecule has 2 aromatic rings. The number of rotatable bonds is 6. The van der Waals surface area contributed by atoms with E-state index in [0.717, 1.165) is 0 Å². The number of benzene rings is 2. The van der Waals surface area contributed by atoms with Crippen LogP contribution in [0.1, 0.15) is 27.9 Å². The van der Waals surface area contributed by atoms with E-state index in [-0.39, 0.29) is 42.9 Å². The molecule has 4 aliphatic rings. The van der Waals surface area contributed by atoms with E-state index in [1.54, 1.807) is 57.4 Å². The topological polar surface area (TPSA) is 224 Å². The second-order valence-corrected chi connectivity index (χ2v) is 12.5. The Bertz CT molecular complexity index is 1820.